The molecule has 20 heavy (non-hydrogen) atoms. The van der Waals surface area contributed by atoms with E-state index in [9.17, 15) is 4.79 Å². The normalized spacial score (nSPS) is 22.6. The molecule has 0 aliphatic heterocycles. The highest BCUT2D eigenvalue weighted by Gasteiger charge is 2.26. The van der Waals surface area contributed by atoms with Crippen molar-refractivity contribution in [2.75, 3.05) is 0 Å². The van der Waals surface area contributed by atoms with E-state index in [4.69, 9.17) is 4.74 Å². The summed E-state index contributed by atoms with van der Waals surface area (Å²) in [7, 11) is 0. The molecule has 0 aromatic heterocycles. The van der Waals surface area contributed by atoms with E-state index in [2.05, 4.69) is 6.92 Å². The van der Waals surface area contributed by atoms with E-state index in [-0.39, 0.29) is 11.9 Å². The number of rotatable bonds is 2. The summed E-state index contributed by atoms with van der Waals surface area (Å²) in [6, 6.07) is 13.9. The molecule has 0 N–H and O–H groups in total. The molecule has 1 aliphatic carbocycles. The van der Waals surface area contributed by atoms with E-state index in [0.29, 0.717) is 11.7 Å². The van der Waals surface area contributed by atoms with Crippen LogP contribution < -0.4 is 4.74 Å². The Morgan fingerprint density at radius 2 is 1.90 bits per heavy atom. The first-order valence-electron chi connectivity index (χ1n) is 7.43. The molecule has 1 aliphatic rings. The van der Waals surface area contributed by atoms with Gasteiger partial charge in [-0.3, -0.25) is 4.79 Å². The summed E-state index contributed by atoms with van der Waals surface area (Å²) in [6.45, 7) is 2.22. The molecule has 0 spiro atoms. The molecule has 1 fully saturated rings. The summed E-state index contributed by atoms with van der Waals surface area (Å²) in [6.07, 6.45) is 4.30. The number of ether oxygens (including phenoxy) is 1. The number of fused-ring (bicyclic) bond motifs is 1. The molecule has 2 unspecified atom stereocenters. The van der Waals surface area contributed by atoms with Gasteiger partial charge < -0.3 is 4.74 Å². The molecule has 2 atom stereocenters. The van der Waals surface area contributed by atoms with Crippen molar-refractivity contribution in [3.63, 3.8) is 0 Å². The third kappa shape index (κ3) is 2.69. The maximum Gasteiger partial charge on any atom is 0.314 e. The molecule has 2 aromatic rings. The summed E-state index contributed by atoms with van der Waals surface area (Å²) in [5.41, 5.74) is 0. The van der Waals surface area contributed by atoms with Crippen LogP contribution in [-0.4, -0.2) is 5.97 Å². The first-order valence-corrected chi connectivity index (χ1v) is 7.43. The van der Waals surface area contributed by atoms with Crippen molar-refractivity contribution in [2.45, 2.75) is 32.6 Å². The average Bonchev–Trinajstić information content (AvgIpc) is 2.47. The second kappa shape index (κ2) is 5.66. The smallest absolute Gasteiger partial charge is 0.314 e. The molecule has 104 valence electrons. The standard InChI is InChI=1S/C18H20O2/c1-13-6-4-9-15(12-13)18(19)20-17-11-5-8-14-7-2-3-10-16(14)17/h2-3,5,7-8,10-11,13,15H,4,6,9,12H2,1H3. The van der Waals surface area contributed by atoms with E-state index in [0.717, 1.165) is 30.0 Å². The van der Waals surface area contributed by atoms with Crippen LogP contribution in [0, 0.1) is 11.8 Å². The van der Waals surface area contributed by atoms with Gasteiger partial charge in [-0.2, -0.15) is 0 Å². The topological polar surface area (TPSA) is 26.3 Å². The van der Waals surface area contributed by atoms with Gasteiger partial charge in [-0.05, 0) is 30.2 Å². The Bertz CT molecular complexity index is 612. The van der Waals surface area contributed by atoms with Gasteiger partial charge in [0.15, 0.2) is 0 Å². The summed E-state index contributed by atoms with van der Waals surface area (Å²) >= 11 is 0. The molecule has 2 nitrogen and oxygen atoms in total. The van der Waals surface area contributed by atoms with Gasteiger partial charge in [0.25, 0.3) is 0 Å². The van der Waals surface area contributed by atoms with Crippen LogP contribution in [-0.2, 0) is 4.79 Å². The average molecular weight is 268 g/mol. The number of esters is 1. The van der Waals surface area contributed by atoms with Crippen molar-refractivity contribution in [1.82, 2.24) is 0 Å². The van der Waals surface area contributed by atoms with Gasteiger partial charge in [0.05, 0.1) is 5.92 Å². The summed E-state index contributed by atoms with van der Waals surface area (Å²) in [5, 5.41) is 2.11. The van der Waals surface area contributed by atoms with E-state index in [1.54, 1.807) is 0 Å². The van der Waals surface area contributed by atoms with Crippen LogP contribution in [0.3, 0.4) is 0 Å². The lowest BCUT2D eigenvalue weighted by Crippen LogP contribution is -2.25. The Morgan fingerprint density at radius 3 is 2.75 bits per heavy atom. The number of carbonyl (C=O) groups excluding carboxylic acids is 1. The van der Waals surface area contributed by atoms with Gasteiger partial charge in [-0.1, -0.05) is 56.2 Å². The molecule has 0 radical (unpaired) electrons. The van der Waals surface area contributed by atoms with Gasteiger partial charge in [-0.15, -0.1) is 0 Å². The van der Waals surface area contributed by atoms with Gasteiger partial charge in [0, 0.05) is 5.39 Å². The first-order chi connectivity index (χ1) is 9.74. The number of benzene rings is 2. The maximum atomic E-state index is 12.3. The van der Waals surface area contributed by atoms with E-state index >= 15 is 0 Å². The molecule has 2 heteroatoms. The van der Waals surface area contributed by atoms with Crippen LogP contribution in [0.2, 0.25) is 0 Å². The van der Waals surface area contributed by atoms with Crippen molar-refractivity contribution in [1.29, 1.82) is 0 Å². The zero-order chi connectivity index (χ0) is 13.9. The molecule has 0 saturated heterocycles. The Kier molecular flexibility index (Phi) is 3.72. The fourth-order valence-electron chi connectivity index (χ4n) is 3.12. The van der Waals surface area contributed by atoms with Crippen LogP contribution in [0.15, 0.2) is 42.5 Å². The second-order valence-electron chi connectivity index (χ2n) is 5.87. The van der Waals surface area contributed by atoms with Crippen LogP contribution in [0.4, 0.5) is 0 Å². The summed E-state index contributed by atoms with van der Waals surface area (Å²) < 4.78 is 5.68. The second-order valence-corrected chi connectivity index (χ2v) is 5.87. The number of carbonyl (C=O) groups is 1. The summed E-state index contributed by atoms with van der Waals surface area (Å²) in [5.74, 6) is 1.32. The van der Waals surface area contributed by atoms with Crippen molar-refractivity contribution in [3.05, 3.63) is 42.5 Å². The monoisotopic (exact) mass is 268 g/mol. The third-order valence-electron chi connectivity index (χ3n) is 4.23. The van der Waals surface area contributed by atoms with Crippen LogP contribution >= 0.6 is 0 Å². The fraction of sp³-hybridized carbons (Fsp3) is 0.389. The fourth-order valence-corrected chi connectivity index (χ4v) is 3.12. The lowest BCUT2D eigenvalue weighted by Gasteiger charge is -2.25. The highest BCUT2D eigenvalue weighted by molar-refractivity contribution is 5.90. The Balaban J connectivity index is 1.80. The zero-order valence-electron chi connectivity index (χ0n) is 11.8. The predicted octanol–water partition coefficient (Wildman–Crippen LogP) is 4.57. The molecule has 0 heterocycles. The molecular weight excluding hydrogens is 248 g/mol. The van der Waals surface area contributed by atoms with E-state index in [1.165, 1.54) is 6.42 Å². The quantitative estimate of drug-likeness (QED) is 0.589. The van der Waals surface area contributed by atoms with Gasteiger partial charge in [0.1, 0.15) is 5.75 Å². The predicted molar refractivity (Wildman–Crippen MR) is 80.7 cm³/mol. The molecule has 3 rings (SSSR count). The molecular formula is C18H20O2. The zero-order valence-corrected chi connectivity index (χ0v) is 11.8. The minimum Gasteiger partial charge on any atom is -0.426 e. The van der Waals surface area contributed by atoms with Crippen LogP contribution in [0.5, 0.6) is 5.75 Å². The minimum absolute atomic E-state index is 0.0621. The molecule has 1 saturated carbocycles. The largest absolute Gasteiger partial charge is 0.426 e. The molecule has 0 bridgehead atoms. The van der Waals surface area contributed by atoms with Crippen molar-refractivity contribution < 1.29 is 9.53 Å². The summed E-state index contributed by atoms with van der Waals surface area (Å²) in [4.78, 5) is 12.3. The number of hydrogen-bond donors (Lipinski definition) is 0. The van der Waals surface area contributed by atoms with E-state index < -0.39 is 0 Å². The maximum absolute atomic E-state index is 12.3. The lowest BCUT2D eigenvalue weighted by molar-refractivity contribution is -0.140. The Hall–Kier alpha value is -1.83. The van der Waals surface area contributed by atoms with Gasteiger partial charge in [-0.25, -0.2) is 0 Å². The van der Waals surface area contributed by atoms with Crippen LogP contribution in [0.1, 0.15) is 32.6 Å². The Labute approximate surface area is 119 Å². The first kappa shape index (κ1) is 13.2. The highest BCUT2D eigenvalue weighted by atomic mass is 16.5. The van der Waals surface area contributed by atoms with E-state index in [1.807, 2.05) is 42.5 Å². The molecule has 0 amide bonds. The van der Waals surface area contributed by atoms with Crippen molar-refractivity contribution in [3.8, 4) is 5.75 Å². The SMILES string of the molecule is CC1CCCC(C(=O)Oc2cccc3ccccc23)C1. The lowest BCUT2D eigenvalue weighted by atomic mass is 9.82. The van der Waals surface area contributed by atoms with Gasteiger partial charge in [0.2, 0.25) is 0 Å². The number of hydrogen-bond acceptors (Lipinski definition) is 2. The Morgan fingerprint density at radius 1 is 1.10 bits per heavy atom. The van der Waals surface area contributed by atoms with Crippen molar-refractivity contribution in [2.24, 2.45) is 11.8 Å². The minimum atomic E-state index is -0.0621. The van der Waals surface area contributed by atoms with Crippen LogP contribution in [0.25, 0.3) is 10.8 Å². The van der Waals surface area contributed by atoms with Gasteiger partial charge >= 0.3 is 5.97 Å². The third-order valence-corrected chi connectivity index (χ3v) is 4.23. The molecule has 2 aromatic carbocycles. The van der Waals surface area contributed by atoms with Crippen molar-refractivity contribution >= 4 is 16.7 Å². The highest BCUT2D eigenvalue weighted by Crippen LogP contribution is 2.31.